The van der Waals surface area contributed by atoms with Crippen LogP contribution in [0.25, 0.3) is 16.9 Å². The summed E-state index contributed by atoms with van der Waals surface area (Å²) in [5.41, 5.74) is 6.01. The second-order valence-corrected chi connectivity index (χ2v) is 11.5. The van der Waals surface area contributed by atoms with Gasteiger partial charge >= 0.3 is 21.1 Å². The quantitative estimate of drug-likeness (QED) is 0.159. The summed E-state index contributed by atoms with van der Waals surface area (Å²) < 4.78 is 6.41. The summed E-state index contributed by atoms with van der Waals surface area (Å²) >= 11 is 1.79. The summed E-state index contributed by atoms with van der Waals surface area (Å²) in [5, 5.41) is 9.14. The molecule has 0 unspecified atom stereocenters. The van der Waals surface area contributed by atoms with Crippen LogP contribution in [-0.4, -0.2) is 20.0 Å². The molecule has 1 aliphatic rings. The maximum Gasteiger partial charge on any atom is 2.00 e. The molecule has 0 saturated heterocycles. The Bertz CT molecular complexity index is 2050. The Morgan fingerprint density at radius 3 is 2.04 bits per heavy atom. The van der Waals surface area contributed by atoms with Gasteiger partial charge in [-0.3, -0.25) is 4.98 Å². The van der Waals surface area contributed by atoms with E-state index in [1.807, 2.05) is 79.0 Å². The zero-order valence-electron chi connectivity index (χ0n) is 23.8. The van der Waals surface area contributed by atoms with Gasteiger partial charge in [-0.15, -0.1) is 35.9 Å². The minimum atomic E-state index is -0.683. The van der Waals surface area contributed by atoms with Gasteiger partial charge in [-0.05, 0) is 41.1 Å². The monoisotopic (exact) mass is 779 g/mol. The van der Waals surface area contributed by atoms with Crippen LogP contribution in [0.1, 0.15) is 22.4 Å². The number of benzene rings is 5. The molecule has 0 N–H and O–H groups in total. The third-order valence-electron chi connectivity index (χ3n) is 7.77. The Hall–Kier alpha value is -4.77. The van der Waals surface area contributed by atoms with Crippen LogP contribution in [0, 0.1) is 12.1 Å². The van der Waals surface area contributed by atoms with Gasteiger partial charge in [-0.1, -0.05) is 84.6 Å². The van der Waals surface area contributed by atoms with Crippen LogP contribution in [-0.2, 0) is 26.5 Å². The molecule has 218 valence electrons. The summed E-state index contributed by atoms with van der Waals surface area (Å²) in [6, 6.07) is 51.9. The minimum absolute atomic E-state index is 0. The topological polar surface area (TPSA) is 52.8 Å². The molecule has 0 bridgehead atoms. The van der Waals surface area contributed by atoms with E-state index in [0.717, 1.165) is 22.5 Å². The Balaban J connectivity index is 0.00000325. The van der Waals surface area contributed by atoms with Gasteiger partial charge in [-0.25, -0.2) is 0 Å². The van der Waals surface area contributed by atoms with Crippen molar-refractivity contribution in [1.82, 2.24) is 20.0 Å². The first-order valence-corrected chi connectivity index (χ1v) is 15.1. The summed E-state index contributed by atoms with van der Waals surface area (Å²) in [4.78, 5) is 8.89. The molecule has 5 nitrogen and oxygen atoms in total. The zero-order valence-corrected chi connectivity index (χ0v) is 26.9. The molecule has 7 aromatic rings. The molecule has 7 heteroatoms. The SMILES string of the molecule is [Pt+2].[c-]1c(Oc2[c-]c(C3(c4ccccn4)c4ccccc4Sc4ccccc43)ccc2)cccc1-n1ncc(-c2ccccc2)n1. The smallest absolute Gasteiger partial charge is 0.509 e. The molecule has 45 heavy (non-hydrogen) atoms. The molecule has 8 rings (SSSR count). The number of hydrogen-bond acceptors (Lipinski definition) is 5. The van der Waals surface area contributed by atoms with Crippen molar-refractivity contribution in [1.29, 1.82) is 0 Å². The normalized spacial score (nSPS) is 12.8. The van der Waals surface area contributed by atoms with Crippen molar-refractivity contribution in [2.75, 3.05) is 0 Å². The van der Waals surface area contributed by atoms with Crippen molar-refractivity contribution in [2.45, 2.75) is 15.2 Å². The van der Waals surface area contributed by atoms with E-state index in [4.69, 9.17) is 9.72 Å². The van der Waals surface area contributed by atoms with Crippen molar-refractivity contribution in [2.24, 2.45) is 0 Å². The molecular weight excluding hydrogens is 756 g/mol. The molecule has 0 saturated carbocycles. The van der Waals surface area contributed by atoms with E-state index in [1.54, 1.807) is 22.8 Å². The molecular formula is C38H24N4OPtS. The van der Waals surface area contributed by atoms with Crippen LogP contribution >= 0.6 is 11.8 Å². The maximum atomic E-state index is 6.41. The largest absolute Gasteiger partial charge is 2.00 e. The van der Waals surface area contributed by atoms with Crippen molar-refractivity contribution < 1.29 is 25.8 Å². The Morgan fingerprint density at radius 1 is 0.644 bits per heavy atom. The summed E-state index contributed by atoms with van der Waals surface area (Å²) in [6.45, 7) is 0. The zero-order chi connectivity index (χ0) is 29.3. The van der Waals surface area contributed by atoms with E-state index in [0.29, 0.717) is 17.2 Å². The molecule has 0 amide bonds. The van der Waals surface area contributed by atoms with Gasteiger partial charge in [0.1, 0.15) is 5.69 Å². The van der Waals surface area contributed by atoms with Gasteiger partial charge < -0.3 is 4.74 Å². The average Bonchev–Trinajstić information content (AvgIpc) is 3.59. The molecule has 0 fully saturated rings. The first-order chi connectivity index (χ1) is 21.8. The molecule has 0 spiro atoms. The minimum Gasteiger partial charge on any atom is -0.509 e. The van der Waals surface area contributed by atoms with E-state index < -0.39 is 5.41 Å². The van der Waals surface area contributed by atoms with Gasteiger partial charge in [0.15, 0.2) is 0 Å². The first-order valence-electron chi connectivity index (χ1n) is 14.3. The van der Waals surface area contributed by atoms with Gasteiger partial charge in [0.25, 0.3) is 0 Å². The van der Waals surface area contributed by atoms with Crippen LogP contribution in [0.5, 0.6) is 11.5 Å². The van der Waals surface area contributed by atoms with E-state index >= 15 is 0 Å². The standard InChI is InChI=1S/C38H24N4OS.Pt/c1-2-12-27(13-3-1)34-26-40-42(41-34)29-15-11-17-31(25-29)43-30-16-10-14-28(24-30)38(37-22-8-9-23-39-37)32-18-4-6-20-35(32)44-36-21-7-5-19-33(36)38;/h1-23,26H;/q-2;+2. The summed E-state index contributed by atoms with van der Waals surface area (Å²) in [6.07, 6.45) is 3.61. The van der Waals surface area contributed by atoms with Gasteiger partial charge in [0.05, 0.1) is 17.3 Å². The number of hydrogen-bond donors (Lipinski definition) is 0. The third kappa shape index (κ3) is 5.20. The number of fused-ring (bicyclic) bond motifs is 2. The van der Waals surface area contributed by atoms with E-state index in [2.05, 4.69) is 83.0 Å². The fourth-order valence-electron chi connectivity index (χ4n) is 5.86. The Kier molecular flexibility index (Phi) is 7.93. The second-order valence-electron chi connectivity index (χ2n) is 10.4. The van der Waals surface area contributed by atoms with Crippen molar-refractivity contribution in [3.8, 4) is 28.4 Å². The maximum absolute atomic E-state index is 6.41. The molecule has 0 radical (unpaired) electrons. The molecule has 1 aliphatic heterocycles. The van der Waals surface area contributed by atoms with Crippen LogP contribution < -0.4 is 4.74 Å². The molecule has 5 aromatic carbocycles. The van der Waals surface area contributed by atoms with Crippen LogP contribution in [0.3, 0.4) is 0 Å². The van der Waals surface area contributed by atoms with Gasteiger partial charge in [-0.2, -0.15) is 33.2 Å². The number of ether oxygens (including phenoxy) is 1. The third-order valence-corrected chi connectivity index (χ3v) is 8.93. The van der Waals surface area contributed by atoms with E-state index in [9.17, 15) is 0 Å². The fourth-order valence-corrected chi connectivity index (χ4v) is 7.05. The van der Waals surface area contributed by atoms with Crippen molar-refractivity contribution >= 4 is 11.8 Å². The molecule has 3 heterocycles. The van der Waals surface area contributed by atoms with Gasteiger partial charge in [0, 0.05) is 33.1 Å². The first kappa shape index (κ1) is 29.0. The Labute approximate surface area is 280 Å². The number of nitrogens with zero attached hydrogens (tertiary/aromatic N) is 4. The fraction of sp³-hybridized carbons (Fsp3) is 0.0263. The molecule has 2 aromatic heterocycles. The van der Waals surface area contributed by atoms with E-state index in [-0.39, 0.29) is 21.1 Å². The number of pyridine rings is 1. The second kappa shape index (κ2) is 12.3. The van der Waals surface area contributed by atoms with Gasteiger partial charge in [0.2, 0.25) is 0 Å². The number of rotatable bonds is 6. The van der Waals surface area contributed by atoms with Crippen molar-refractivity contribution in [3.05, 3.63) is 180 Å². The van der Waals surface area contributed by atoms with Crippen LogP contribution in [0.15, 0.2) is 156 Å². The summed E-state index contributed by atoms with van der Waals surface area (Å²) in [7, 11) is 0. The number of aromatic nitrogens is 4. The van der Waals surface area contributed by atoms with Crippen LogP contribution in [0.4, 0.5) is 0 Å². The van der Waals surface area contributed by atoms with Crippen molar-refractivity contribution in [3.63, 3.8) is 0 Å². The summed E-state index contributed by atoms with van der Waals surface area (Å²) in [5.74, 6) is 1.12. The predicted molar refractivity (Wildman–Crippen MR) is 171 cm³/mol. The molecule has 0 aliphatic carbocycles. The van der Waals surface area contributed by atoms with Crippen LogP contribution in [0.2, 0.25) is 0 Å². The van der Waals surface area contributed by atoms with E-state index in [1.165, 1.54) is 20.9 Å². The predicted octanol–water partition coefficient (Wildman–Crippen LogP) is 8.57. The Morgan fingerprint density at radius 2 is 1.31 bits per heavy atom. The molecule has 0 atom stereocenters. The average molecular weight is 780 g/mol.